The Balaban J connectivity index is 1.37. The first-order chi connectivity index (χ1) is 17.4. The first kappa shape index (κ1) is 24.4. The highest BCUT2D eigenvalue weighted by Gasteiger charge is 2.32. The first-order valence-electron chi connectivity index (χ1n) is 11.8. The van der Waals surface area contributed by atoms with Crippen molar-refractivity contribution >= 4 is 45.8 Å². The zero-order valence-corrected chi connectivity index (χ0v) is 21.0. The summed E-state index contributed by atoms with van der Waals surface area (Å²) in [4.78, 5) is 39.8. The largest absolute Gasteiger partial charge is 0.313 e. The molecule has 0 radical (unpaired) electrons. The summed E-state index contributed by atoms with van der Waals surface area (Å²) in [5, 5.41) is 4.52. The highest BCUT2D eigenvalue weighted by molar-refractivity contribution is 6.31. The Kier molecular flexibility index (Phi) is 7.32. The topological polar surface area (TPSA) is 90.5 Å². The third-order valence-electron chi connectivity index (χ3n) is 6.28. The van der Waals surface area contributed by atoms with E-state index in [0.717, 1.165) is 12.8 Å². The molecule has 2 N–H and O–H groups in total. The summed E-state index contributed by atoms with van der Waals surface area (Å²) in [6.07, 6.45) is 7.11. The summed E-state index contributed by atoms with van der Waals surface area (Å²) in [5.41, 5.74) is 1.59. The average Bonchev–Trinajstić information content (AvgIpc) is 2.84. The Morgan fingerprint density at radius 1 is 1.03 bits per heavy atom. The molecule has 2 aliphatic rings. The van der Waals surface area contributed by atoms with Crippen molar-refractivity contribution in [2.24, 2.45) is 10.9 Å². The van der Waals surface area contributed by atoms with E-state index in [1.165, 1.54) is 5.56 Å². The van der Waals surface area contributed by atoms with Crippen LogP contribution in [-0.4, -0.2) is 45.7 Å². The monoisotopic (exact) mass is 521 g/mol. The molecule has 2 atom stereocenters. The van der Waals surface area contributed by atoms with Crippen LogP contribution in [0.1, 0.15) is 17.8 Å². The van der Waals surface area contributed by atoms with Crippen LogP contribution < -0.4 is 10.9 Å². The van der Waals surface area contributed by atoms with Gasteiger partial charge in [-0.15, -0.1) is 0 Å². The quantitative estimate of drug-likeness (QED) is 0.464. The van der Waals surface area contributed by atoms with E-state index in [9.17, 15) is 9.59 Å². The number of aromatic amines is 1. The lowest BCUT2D eigenvalue weighted by molar-refractivity contribution is -0.122. The van der Waals surface area contributed by atoms with E-state index >= 15 is 0 Å². The van der Waals surface area contributed by atoms with Crippen LogP contribution in [0.2, 0.25) is 5.02 Å². The summed E-state index contributed by atoms with van der Waals surface area (Å²) in [5.74, 6) is 0.644. The maximum atomic E-state index is 12.7. The van der Waals surface area contributed by atoms with Gasteiger partial charge in [-0.3, -0.25) is 19.5 Å². The molecular formula is C27H25Cl2N5O2. The van der Waals surface area contributed by atoms with E-state index in [0.29, 0.717) is 52.3 Å². The molecule has 0 bridgehead atoms. The molecule has 0 saturated carbocycles. The van der Waals surface area contributed by atoms with Crippen LogP contribution in [-0.2, 0) is 17.8 Å². The molecule has 1 amide bonds. The van der Waals surface area contributed by atoms with Gasteiger partial charge in [0, 0.05) is 10.1 Å². The zero-order chi connectivity index (χ0) is 25.1. The van der Waals surface area contributed by atoms with Gasteiger partial charge < -0.3 is 10.3 Å². The third kappa shape index (κ3) is 5.75. The number of amides is 1. The molecule has 0 saturated heterocycles. The molecule has 36 heavy (non-hydrogen) atoms. The maximum absolute atomic E-state index is 12.7. The van der Waals surface area contributed by atoms with Gasteiger partial charge in [-0.2, -0.15) is 0 Å². The summed E-state index contributed by atoms with van der Waals surface area (Å²) >= 11 is 12.3. The number of rotatable bonds is 8. The number of benzene rings is 2. The summed E-state index contributed by atoms with van der Waals surface area (Å²) in [6.45, 7) is 1.49. The number of hydrogen-bond donors (Lipinski definition) is 2. The lowest BCUT2D eigenvalue weighted by Crippen LogP contribution is -2.49. The molecule has 9 heteroatoms. The van der Waals surface area contributed by atoms with E-state index in [1.54, 1.807) is 36.4 Å². The van der Waals surface area contributed by atoms with E-state index in [4.69, 9.17) is 28.2 Å². The number of carbonyl (C=O) groups excluding carboxylic acids is 1. The Morgan fingerprint density at radius 2 is 1.86 bits per heavy atom. The van der Waals surface area contributed by atoms with Crippen LogP contribution >= 0.6 is 23.2 Å². The molecule has 184 valence electrons. The van der Waals surface area contributed by atoms with Crippen LogP contribution in [0.5, 0.6) is 0 Å². The summed E-state index contributed by atoms with van der Waals surface area (Å²) in [6, 6.07) is 15.0. The minimum atomic E-state index is -0.356. The predicted molar refractivity (Wildman–Crippen MR) is 143 cm³/mol. The van der Waals surface area contributed by atoms with Crippen molar-refractivity contribution in [1.82, 2.24) is 20.2 Å². The van der Waals surface area contributed by atoms with Gasteiger partial charge in [-0.05, 0) is 55.3 Å². The minimum absolute atomic E-state index is 0.0993. The van der Waals surface area contributed by atoms with Crippen LogP contribution in [0.25, 0.3) is 10.9 Å². The lowest BCUT2D eigenvalue weighted by atomic mass is 9.93. The van der Waals surface area contributed by atoms with Gasteiger partial charge >= 0.3 is 0 Å². The number of hydrogen-bond acceptors (Lipinski definition) is 5. The number of nitrogens with zero attached hydrogens (tertiary/aromatic N) is 3. The Morgan fingerprint density at radius 3 is 2.69 bits per heavy atom. The number of nitrogens with one attached hydrogen (secondary N) is 2. The maximum Gasteiger partial charge on any atom is 0.258 e. The standard InChI is InChI=1S/C27H25Cl2N5O2/c28-18-8-10-20-22(13-18)30-24(32-26(20)35)15-34(12-4-7-17-5-2-1-3-6-17)16-25-31-23-14-19(29)9-11-21(23)27(36)33-25/h1-3,5-6,8-11,13-14,20,22H,4,7,12,15-16H2,(H,30,32,35)(H,31,33,36)/t20-,22+/m1/s1. The van der Waals surface area contributed by atoms with Crippen LogP contribution in [0.15, 0.2) is 81.6 Å². The fourth-order valence-electron chi connectivity index (χ4n) is 4.53. The number of amidine groups is 1. The van der Waals surface area contributed by atoms with E-state index in [1.807, 2.05) is 18.2 Å². The molecule has 1 aliphatic heterocycles. The third-order valence-corrected chi connectivity index (χ3v) is 6.77. The molecule has 3 aromatic rings. The normalized spacial score (nSPS) is 19.1. The van der Waals surface area contributed by atoms with Crippen molar-refractivity contribution in [3.8, 4) is 0 Å². The summed E-state index contributed by atoms with van der Waals surface area (Å²) in [7, 11) is 0. The molecule has 2 aromatic carbocycles. The van der Waals surface area contributed by atoms with Gasteiger partial charge in [0.1, 0.15) is 11.7 Å². The van der Waals surface area contributed by atoms with Gasteiger partial charge in [0.25, 0.3) is 5.56 Å². The SMILES string of the molecule is O=C1NC(CN(CCCc2ccccc2)Cc2nc3cc(Cl)ccc3c(=O)[nH]2)=N[C@H]2C=C(Cl)C=C[C@@H]12. The Bertz CT molecular complexity index is 1430. The number of allylic oxidation sites excluding steroid dienone is 2. The predicted octanol–water partition coefficient (Wildman–Crippen LogP) is 4.22. The first-order valence-corrected chi connectivity index (χ1v) is 12.6. The van der Waals surface area contributed by atoms with Gasteiger partial charge in [-0.25, -0.2) is 4.98 Å². The molecule has 7 nitrogen and oxygen atoms in total. The van der Waals surface area contributed by atoms with Crippen LogP contribution in [0.4, 0.5) is 0 Å². The molecule has 1 aromatic heterocycles. The number of halogens is 2. The Hall–Kier alpha value is -3.26. The number of H-pyrrole nitrogens is 1. The Labute approximate surface area is 218 Å². The molecule has 0 fully saturated rings. The highest BCUT2D eigenvalue weighted by Crippen LogP contribution is 2.24. The highest BCUT2D eigenvalue weighted by atomic mass is 35.5. The zero-order valence-electron chi connectivity index (χ0n) is 19.5. The van der Waals surface area contributed by atoms with Crippen LogP contribution in [0.3, 0.4) is 0 Å². The summed E-state index contributed by atoms with van der Waals surface area (Å²) < 4.78 is 0. The van der Waals surface area contributed by atoms with Gasteiger partial charge in [0.15, 0.2) is 0 Å². The van der Waals surface area contributed by atoms with Gasteiger partial charge in [-0.1, -0.05) is 59.6 Å². The fourth-order valence-corrected chi connectivity index (χ4v) is 4.90. The fraction of sp³-hybridized carbons (Fsp3) is 0.259. The van der Waals surface area contributed by atoms with E-state index < -0.39 is 0 Å². The molecule has 1 aliphatic carbocycles. The average molecular weight is 522 g/mol. The van der Waals surface area contributed by atoms with E-state index in [2.05, 4.69) is 32.3 Å². The van der Waals surface area contributed by atoms with Crippen molar-refractivity contribution in [2.45, 2.75) is 25.4 Å². The molecule has 5 rings (SSSR count). The van der Waals surface area contributed by atoms with Crippen molar-refractivity contribution < 1.29 is 4.79 Å². The number of aryl methyl sites for hydroxylation is 1. The molecular weight excluding hydrogens is 497 g/mol. The number of aliphatic imine (C=N–C) groups is 1. The lowest BCUT2D eigenvalue weighted by Gasteiger charge is -2.30. The van der Waals surface area contributed by atoms with Gasteiger partial charge in [0.05, 0.1) is 36.0 Å². The minimum Gasteiger partial charge on any atom is -0.313 e. The van der Waals surface area contributed by atoms with Crippen molar-refractivity contribution in [3.63, 3.8) is 0 Å². The van der Waals surface area contributed by atoms with E-state index in [-0.39, 0.29) is 23.4 Å². The van der Waals surface area contributed by atoms with Gasteiger partial charge in [0.2, 0.25) is 5.91 Å². The van der Waals surface area contributed by atoms with Crippen molar-refractivity contribution in [2.75, 3.05) is 13.1 Å². The number of fused-ring (bicyclic) bond motifs is 2. The van der Waals surface area contributed by atoms with Crippen molar-refractivity contribution in [3.05, 3.63) is 98.6 Å². The number of carbonyl (C=O) groups is 1. The second kappa shape index (κ2) is 10.8. The molecule has 0 spiro atoms. The molecule has 0 unspecified atom stereocenters. The molecule has 2 heterocycles. The smallest absolute Gasteiger partial charge is 0.258 e. The number of aromatic nitrogens is 2. The van der Waals surface area contributed by atoms with Crippen LogP contribution in [0, 0.1) is 5.92 Å². The second-order valence-corrected chi connectivity index (χ2v) is 9.84. The second-order valence-electron chi connectivity index (χ2n) is 8.97. The van der Waals surface area contributed by atoms with Crippen molar-refractivity contribution in [1.29, 1.82) is 0 Å².